The number of hydrogen-bond acceptors (Lipinski definition) is 7. The second kappa shape index (κ2) is 15.7. The number of piperidine rings is 1. The molecule has 0 aliphatic carbocycles. The molecule has 0 spiro atoms. The van der Waals surface area contributed by atoms with Crippen LogP contribution in [0.3, 0.4) is 0 Å². The number of carbonyl (C=O) groups excluding carboxylic acids is 1. The van der Waals surface area contributed by atoms with Crippen molar-refractivity contribution < 1.29 is 29.6 Å². The SMILES string of the molecule is O=C(O)NC(c1ccccc1)c1cccc(OCc2cccc(C(=O)N3CCC(CNCC(O)c4ccc(O)c5[nH]c(=O)ccc45)CC3)c2)c1. The van der Waals surface area contributed by atoms with Crippen LogP contribution >= 0.6 is 0 Å². The number of phenolic OH excluding ortho intramolecular Hbond substituents is 1. The highest BCUT2D eigenvalue weighted by Crippen LogP contribution is 2.29. The third-order valence-corrected chi connectivity index (χ3v) is 9.11. The first kappa shape index (κ1) is 34.2. The van der Waals surface area contributed by atoms with Gasteiger partial charge in [-0.05, 0) is 84.0 Å². The van der Waals surface area contributed by atoms with Gasteiger partial charge < -0.3 is 40.6 Å². The molecule has 1 saturated heterocycles. The van der Waals surface area contributed by atoms with Crippen molar-refractivity contribution in [2.24, 2.45) is 5.92 Å². The van der Waals surface area contributed by atoms with E-state index in [1.165, 1.54) is 12.1 Å². The molecule has 11 nitrogen and oxygen atoms in total. The minimum absolute atomic E-state index is 0.0293. The lowest BCUT2D eigenvalue weighted by Crippen LogP contribution is -2.41. The van der Waals surface area contributed by atoms with Gasteiger partial charge in [-0.3, -0.25) is 9.59 Å². The molecule has 11 heteroatoms. The summed E-state index contributed by atoms with van der Waals surface area (Å²) < 4.78 is 6.08. The highest BCUT2D eigenvalue weighted by atomic mass is 16.5. The summed E-state index contributed by atoms with van der Waals surface area (Å²) >= 11 is 0. The van der Waals surface area contributed by atoms with Crippen LogP contribution in [0.15, 0.2) is 108 Å². The maximum absolute atomic E-state index is 13.4. The monoisotopic (exact) mass is 676 g/mol. The first-order valence-corrected chi connectivity index (χ1v) is 16.6. The largest absolute Gasteiger partial charge is 0.506 e. The Morgan fingerprint density at radius 1 is 0.900 bits per heavy atom. The van der Waals surface area contributed by atoms with E-state index in [4.69, 9.17) is 4.74 Å². The summed E-state index contributed by atoms with van der Waals surface area (Å²) in [6.45, 7) is 2.50. The van der Waals surface area contributed by atoms with Gasteiger partial charge in [0.1, 0.15) is 18.1 Å². The fourth-order valence-electron chi connectivity index (χ4n) is 6.48. The molecule has 5 aromatic rings. The number of H-pyrrole nitrogens is 1. The highest BCUT2D eigenvalue weighted by molar-refractivity contribution is 5.94. The number of pyridine rings is 1. The Bertz CT molecular complexity index is 2010. The Morgan fingerprint density at radius 3 is 2.44 bits per heavy atom. The van der Waals surface area contributed by atoms with Crippen LogP contribution in [0, 0.1) is 5.92 Å². The molecular formula is C39H40N4O7. The van der Waals surface area contributed by atoms with E-state index < -0.39 is 18.2 Å². The number of carbonyl (C=O) groups is 2. The minimum Gasteiger partial charge on any atom is -0.506 e. The summed E-state index contributed by atoms with van der Waals surface area (Å²) in [5, 5.41) is 36.9. The summed E-state index contributed by atoms with van der Waals surface area (Å²) in [6, 6.07) is 29.6. The number of likely N-dealkylation sites (tertiary alicyclic amines) is 1. The molecule has 1 aliphatic rings. The molecule has 1 fully saturated rings. The van der Waals surface area contributed by atoms with Crippen molar-refractivity contribution in [2.45, 2.75) is 31.6 Å². The maximum Gasteiger partial charge on any atom is 0.405 e. The highest BCUT2D eigenvalue weighted by Gasteiger charge is 2.24. The molecule has 0 saturated carbocycles. The van der Waals surface area contributed by atoms with Gasteiger partial charge in [-0.1, -0.05) is 60.7 Å². The van der Waals surface area contributed by atoms with Gasteiger partial charge in [-0.2, -0.15) is 0 Å². The molecule has 6 N–H and O–H groups in total. The van der Waals surface area contributed by atoms with Crippen LogP contribution in [0.25, 0.3) is 10.9 Å². The van der Waals surface area contributed by atoms with Crippen molar-refractivity contribution >= 4 is 22.9 Å². The van der Waals surface area contributed by atoms with Crippen molar-refractivity contribution in [1.29, 1.82) is 0 Å². The van der Waals surface area contributed by atoms with E-state index >= 15 is 0 Å². The number of nitrogens with zero attached hydrogens (tertiary/aromatic N) is 1. The summed E-state index contributed by atoms with van der Waals surface area (Å²) in [5.41, 5.74) is 3.60. The molecule has 2 heterocycles. The van der Waals surface area contributed by atoms with Crippen LogP contribution in [0.2, 0.25) is 0 Å². The average Bonchev–Trinajstić information content (AvgIpc) is 3.14. The zero-order chi connectivity index (χ0) is 35.0. The van der Waals surface area contributed by atoms with Gasteiger partial charge in [0.25, 0.3) is 5.91 Å². The van der Waals surface area contributed by atoms with Crippen LogP contribution in [0.4, 0.5) is 4.79 Å². The van der Waals surface area contributed by atoms with E-state index in [0.717, 1.165) is 29.5 Å². The van der Waals surface area contributed by atoms with Crippen LogP contribution in [0.1, 0.15) is 57.6 Å². The Kier molecular flexibility index (Phi) is 10.8. The maximum atomic E-state index is 13.4. The van der Waals surface area contributed by atoms with Gasteiger partial charge in [-0.25, -0.2) is 4.79 Å². The van der Waals surface area contributed by atoms with Crippen molar-refractivity contribution in [2.75, 3.05) is 26.2 Å². The van der Waals surface area contributed by atoms with Gasteiger partial charge in [0.2, 0.25) is 5.56 Å². The van der Waals surface area contributed by atoms with Gasteiger partial charge >= 0.3 is 6.09 Å². The second-order valence-corrected chi connectivity index (χ2v) is 12.5. The van der Waals surface area contributed by atoms with Crippen molar-refractivity contribution in [3.05, 3.63) is 141 Å². The molecule has 50 heavy (non-hydrogen) atoms. The van der Waals surface area contributed by atoms with Gasteiger partial charge in [0.05, 0.1) is 17.7 Å². The second-order valence-electron chi connectivity index (χ2n) is 12.5. The Hall–Kier alpha value is -5.65. The standard InChI is InChI=1S/C39H40N4O7/c44-33-14-12-31(32-13-15-35(46)41-37(32)33)34(45)23-40-22-25-16-18-43(19-17-25)38(47)29-10-4-6-26(20-29)24-50-30-11-5-9-28(21-30)36(42-39(48)49)27-7-2-1-3-8-27/h1-15,20-21,25,34,36,40,42,44-45H,16-19,22-24H2,(H,41,46)(H,48,49). The van der Waals surface area contributed by atoms with E-state index in [0.29, 0.717) is 59.9 Å². The number of aromatic nitrogens is 1. The van der Waals surface area contributed by atoms with E-state index in [1.54, 1.807) is 12.1 Å². The molecule has 0 radical (unpaired) electrons. The number of hydrogen-bond donors (Lipinski definition) is 6. The number of amides is 2. The normalized spacial score (nSPS) is 14.6. The zero-order valence-electron chi connectivity index (χ0n) is 27.4. The topological polar surface area (TPSA) is 164 Å². The predicted octanol–water partition coefficient (Wildman–Crippen LogP) is 5.35. The molecule has 4 aromatic carbocycles. The summed E-state index contributed by atoms with van der Waals surface area (Å²) in [4.78, 5) is 41.2. The van der Waals surface area contributed by atoms with Gasteiger partial charge in [0.15, 0.2) is 0 Å². The molecule has 6 rings (SSSR count). The minimum atomic E-state index is -1.12. The van der Waals surface area contributed by atoms with Crippen LogP contribution in [-0.4, -0.2) is 63.4 Å². The fraction of sp³-hybridized carbons (Fsp3) is 0.256. The predicted molar refractivity (Wildman–Crippen MR) is 189 cm³/mol. The molecule has 0 bridgehead atoms. The smallest absolute Gasteiger partial charge is 0.405 e. The summed E-state index contributed by atoms with van der Waals surface area (Å²) in [6.07, 6.45) is -0.286. The molecular weight excluding hydrogens is 636 g/mol. The number of aliphatic hydroxyl groups is 1. The third-order valence-electron chi connectivity index (χ3n) is 9.11. The number of rotatable bonds is 12. The number of fused-ring (bicyclic) bond motifs is 1. The van der Waals surface area contributed by atoms with Gasteiger partial charge in [-0.15, -0.1) is 0 Å². The van der Waals surface area contributed by atoms with E-state index in [9.17, 15) is 29.7 Å². The first-order chi connectivity index (χ1) is 24.2. The molecule has 1 aromatic heterocycles. The lowest BCUT2D eigenvalue weighted by molar-refractivity contribution is 0.0688. The lowest BCUT2D eigenvalue weighted by Gasteiger charge is -2.32. The number of carboxylic acid groups (broad SMARTS) is 1. The van der Waals surface area contributed by atoms with Crippen molar-refractivity contribution in [3.63, 3.8) is 0 Å². The van der Waals surface area contributed by atoms with Crippen molar-refractivity contribution in [1.82, 2.24) is 20.5 Å². The summed E-state index contributed by atoms with van der Waals surface area (Å²) in [7, 11) is 0. The Balaban J connectivity index is 0.993. The quantitative estimate of drug-likeness (QED) is 0.103. The first-order valence-electron chi connectivity index (χ1n) is 16.6. The number of nitrogens with one attached hydrogen (secondary N) is 3. The van der Waals surface area contributed by atoms with Crippen LogP contribution in [-0.2, 0) is 6.61 Å². The number of aromatic hydroxyl groups is 1. The number of benzene rings is 4. The number of aromatic amines is 1. The molecule has 2 unspecified atom stereocenters. The Morgan fingerprint density at radius 2 is 1.66 bits per heavy atom. The Labute approximate surface area is 289 Å². The third kappa shape index (κ3) is 8.31. The average molecular weight is 677 g/mol. The number of aliphatic hydroxyl groups excluding tert-OH is 1. The zero-order valence-corrected chi connectivity index (χ0v) is 27.4. The molecule has 2 atom stereocenters. The fourth-order valence-corrected chi connectivity index (χ4v) is 6.48. The number of phenols is 1. The lowest BCUT2D eigenvalue weighted by atomic mass is 9.95. The van der Waals surface area contributed by atoms with E-state index in [2.05, 4.69) is 15.6 Å². The molecule has 1 aliphatic heterocycles. The van der Waals surface area contributed by atoms with Gasteiger partial charge in [0, 0.05) is 36.7 Å². The van der Waals surface area contributed by atoms with E-state index in [1.807, 2.05) is 83.8 Å². The van der Waals surface area contributed by atoms with Crippen molar-refractivity contribution in [3.8, 4) is 11.5 Å². The number of ether oxygens (including phenoxy) is 1. The van der Waals surface area contributed by atoms with E-state index in [-0.39, 0.29) is 23.8 Å². The summed E-state index contributed by atoms with van der Waals surface area (Å²) in [5.74, 6) is 0.860. The van der Waals surface area contributed by atoms with Crippen LogP contribution < -0.4 is 20.9 Å². The van der Waals surface area contributed by atoms with Crippen LogP contribution in [0.5, 0.6) is 11.5 Å². The molecule has 2 amide bonds. The molecule has 258 valence electrons.